The summed E-state index contributed by atoms with van der Waals surface area (Å²) in [5, 5.41) is 4.10. The van der Waals surface area contributed by atoms with Crippen LogP contribution in [0.5, 0.6) is 0 Å². The third-order valence-electron chi connectivity index (χ3n) is 3.46. The van der Waals surface area contributed by atoms with Crippen LogP contribution in [-0.2, 0) is 14.1 Å². The van der Waals surface area contributed by atoms with Crippen molar-refractivity contribution in [2.24, 2.45) is 19.8 Å². The molecule has 7 heteroatoms. The number of hydrogen-bond acceptors (Lipinski definition) is 5. The number of nitrogens with zero attached hydrogens (tertiary/aromatic N) is 4. The van der Waals surface area contributed by atoms with Crippen LogP contribution in [0.15, 0.2) is 9.59 Å². The fourth-order valence-corrected chi connectivity index (χ4v) is 2.16. The Hall–Kier alpha value is -1.63. The number of nitrogens with two attached hydrogens (primary N) is 1. The molecule has 0 saturated heterocycles. The van der Waals surface area contributed by atoms with Crippen LogP contribution in [-0.4, -0.2) is 33.5 Å². The van der Waals surface area contributed by atoms with Crippen LogP contribution in [0.4, 0.5) is 5.82 Å². The lowest BCUT2D eigenvalue weighted by molar-refractivity contribution is 0.381. The molecule has 1 aliphatic carbocycles. The molecule has 0 amide bonds. The third-order valence-corrected chi connectivity index (χ3v) is 3.46. The molecule has 0 aromatic carbocycles. The van der Waals surface area contributed by atoms with Crippen LogP contribution in [0.1, 0.15) is 19.3 Å². The van der Waals surface area contributed by atoms with Crippen molar-refractivity contribution in [1.29, 1.82) is 0 Å². The highest BCUT2D eigenvalue weighted by molar-refractivity contribution is 5.37. The summed E-state index contributed by atoms with van der Waals surface area (Å²) in [4.78, 5) is 25.6. The maximum Gasteiger partial charge on any atom is 0.346 e. The van der Waals surface area contributed by atoms with Crippen LogP contribution >= 0.6 is 0 Å². The fourth-order valence-electron chi connectivity index (χ4n) is 2.16. The minimum absolute atomic E-state index is 0.325. The van der Waals surface area contributed by atoms with Gasteiger partial charge in [0.2, 0.25) is 5.82 Å². The van der Waals surface area contributed by atoms with Gasteiger partial charge in [-0.05, 0) is 19.3 Å². The summed E-state index contributed by atoms with van der Waals surface area (Å²) in [5.41, 5.74) is 4.83. The zero-order valence-corrected chi connectivity index (χ0v) is 10.8. The first-order valence-electron chi connectivity index (χ1n) is 6.17. The Balaban J connectivity index is 2.47. The van der Waals surface area contributed by atoms with Crippen molar-refractivity contribution < 1.29 is 0 Å². The van der Waals surface area contributed by atoms with E-state index in [2.05, 4.69) is 5.10 Å². The van der Waals surface area contributed by atoms with Crippen LogP contribution in [0.2, 0.25) is 0 Å². The van der Waals surface area contributed by atoms with Crippen LogP contribution < -0.4 is 21.9 Å². The molecule has 2 N–H and O–H groups in total. The smallest absolute Gasteiger partial charge is 0.346 e. The van der Waals surface area contributed by atoms with Gasteiger partial charge < -0.3 is 10.6 Å². The van der Waals surface area contributed by atoms with Crippen LogP contribution in [0, 0.1) is 0 Å². The maximum atomic E-state index is 12.1. The molecule has 0 radical (unpaired) electrons. The van der Waals surface area contributed by atoms with Crippen molar-refractivity contribution in [3.8, 4) is 0 Å². The highest BCUT2D eigenvalue weighted by atomic mass is 16.2. The molecule has 1 saturated carbocycles. The first-order valence-corrected chi connectivity index (χ1v) is 6.17. The summed E-state index contributed by atoms with van der Waals surface area (Å²) in [6, 6.07) is 0.325. The lowest BCUT2D eigenvalue weighted by Crippen LogP contribution is -2.49. The molecule has 1 aromatic heterocycles. The van der Waals surface area contributed by atoms with Crippen molar-refractivity contribution in [1.82, 2.24) is 14.3 Å². The first kappa shape index (κ1) is 12.8. The topological polar surface area (TPSA) is 86.2 Å². The fraction of sp³-hybridized carbons (Fsp3) is 0.727. The van der Waals surface area contributed by atoms with Gasteiger partial charge in [0.05, 0.1) is 0 Å². The van der Waals surface area contributed by atoms with Gasteiger partial charge in [-0.2, -0.15) is 0 Å². The Labute approximate surface area is 105 Å². The van der Waals surface area contributed by atoms with E-state index in [1.54, 1.807) is 7.05 Å². The Kier molecular flexibility index (Phi) is 3.51. The molecule has 0 bridgehead atoms. The van der Waals surface area contributed by atoms with Crippen molar-refractivity contribution >= 4 is 5.82 Å². The highest BCUT2D eigenvalue weighted by Gasteiger charge is 2.28. The second-order valence-corrected chi connectivity index (χ2v) is 4.66. The summed E-state index contributed by atoms with van der Waals surface area (Å²) in [6.45, 7) is 1.05. The molecule has 0 aliphatic heterocycles. The predicted molar refractivity (Wildman–Crippen MR) is 68.8 cm³/mol. The largest absolute Gasteiger partial charge is 0.346 e. The number of rotatable bonds is 4. The molecule has 100 valence electrons. The summed E-state index contributed by atoms with van der Waals surface area (Å²) in [6.07, 6.45) is 3.26. The van der Waals surface area contributed by atoms with Crippen LogP contribution in [0.3, 0.4) is 0 Å². The van der Waals surface area contributed by atoms with Crippen molar-refractivity contribution in [3.05, 3.63) is 20.8 Å². The number of anilines is 1. The second kappa shape index (κ2) is 4.93. The Morgan fingerprint density at radius 3 is 2.56 bits per heavy atom. The van der Waals surface area contributed by atoms with E-state index in [0.29, 0.717) is 24.9 Å². The van der Waals surface area contributed by atoms with Gasteiger partial charge in [0.25, 0.3) is 5.56 Å². The van der Waals surface area contributed by atoms with E-state index in [9.17, 15) is 9.59 Å². The average molecular weight is 253 g/mol. The van der Waals surface area contributed by atoms with Gasteiger partial charge in [0, 0.05) is 33.2 Å². The summed E-state index contributed by atoms with van der Waals surface area (Å²) in [5.74, 6) is 0.328. The Bertz CT molecular complexity index is 543. The average Bonchev–Trinajstić information content (AvgIpc) is 2.28. The maximum absolute atomic E-state index is 12.1. The van der Waals surface area contributed by atoms with Gasteiger partial charge >= 0.3 is 5.69 Å². The minimum Gasteiger partial charge on any atom is -0.346 e. The molecule has 1 heterocycles. The summed E-state index contributed by atoms with van der Waals surface area (Å²) in [7, 11) is 3.02. The highest BCUT2D eigenvalue weighted by Crippen LogP contribution is 2.26. The lowest BCUT2D eigenvalue weighted by Gasteiger charge is -2.37. The molecule has 7 nitrogen and oxygen atoms in total. The zero-order chi connectivity index (χ0) is 13.3. The quantitative estimate of drug-likeness (QED) is 0.728. The molecule has 0 unspecified atom stereocenters. The summed E-state index contributed by atoms with van der Waals surface area (Å²) < 4.78 is 2.28. The van der Waals surface area contributed by atoms with Gasteiger partial charge in [0.15, 0.2) is 0 Å². The Morgan fingerprint density at radius 1 is 1.39 bits per heavy atom. The zero-order valence-electron chi connectivity index (χ0n) is 10.8. The predicted octanol–water partition coefficient (Wildman–Crippen LogP) is -1.20. The van der Waals surface area contributed by atoms with Crippen molar-refractivity contribution in [3.63, 3.8) is 0 Å². The molecular formula is C11H19N5O2. The van der Waals surface area contributed by atoms with Crippen molar-refractivity contribution in [2.45, 2.75) is 25.3 Å². The lowest BCUT2D eigenvalue weighted by atomic mass is 9.91. The normalized spacial score (nSPS) is 15.5. The van der Waals surface area contributed by atoms with E-state index >= 15 is 0 Å². The Morgan fingerprint density at radius 2 is 2.06 bits per heavy atom. The van der Waals surface area contributed by atoms with E-state index in [1.165, 1.54) is 11.7 Å². The number of aromatic nitrogens is 3. The number of aryl methyl sites for hydroxylation is 1. The van der Waals surface area contributed by atoms with E-state index < -0.39 is 5.69 Å². The monoisotopic (exact) mass is 253 g/mol. The molecule has 1 aromatic rings. The number of hydrogen-bond donors (Lipinski definition) is 1. The van der Waals surface area contributed by atoms with Gasteiger partial charge in [0.1, 0.15) is 0 Å². The van der Waals surface area contributed by atoms with E-state index in [1.807, 2.05) is 4.90 Å². The van der Waals surface area contributed by atoms with Crippen molar-refractivity contribution in [2.75, 3.05) is 18.0 Å². The SMILES string of the molecule is Cn1nc(N(CCN)C2CCC2)c(=O)n(C)c1=O. The van der Waals surface area contributed by atoms with Crippen LogP contribution in [0.25, 0.3) is 0 Å². The molecule has 18 heavy (non-hydrogen) atoms. The van der Waals surface area contributed by atoms with E-state index in [4.69, 9.17) is 5.73 Å². The first-order chi connectivity index (χ1) is 8.56. The summed E-state index contributed by atoms with van der Waals surface area (Å²) >= 11 is 0. The minimum atomic E-state index is -0.412. The van der Waals surface area contributed by atoms with E-state index in [0.717, 1.165) is 23.8 Å². The van der Waals surface area contributed by atoms with Gasteiger partial charge in [-0.15, -0.1) is 5.10 Å². The molecule has 0 spiro atoms. The van der Waals surface area contributed by atoms with Gasteiger partial charge in [-0.3, -0.25) is 9.36 Å². The van der Waals surface area contributed by atoms with E-state index in [-0.39, 0.29) is 5.56 Å². The third kappa shape index (κ3) is 2.05. The van der Waals surface area contributed by atoms with Gasteiger partial charge in [-0.25, -0.2) is 9.48 Å². The van der Waals surface area contributed by atoms with Gasteiger partial charge in [-0.1, -0.05) is 0 Å². The molecule has 1 aliphatic rings. The molecule has 1 fully saturated rings. The standard InChI is InChI=1S/C11H19N5O2/c1-14-10(17)9(13-15(2)11(14)18)16(7-6-12)8-4-3-5-8/h8H,3-7,12H2,1-2H3. The molecule has 2 rings (SSSR count). The second-order valence-electron chi connectivity index (χ2n) is 4.66. The molecule has 0 atom stereocenters. The molecular weight excluding hydrogens is 234 g/mol.